The molecular weight excluding hydrogens is 358 g/mol. The molecule has 0 saturated carbocycles. The van der Waals surface area contributed by atoms with E-state index in [1.165, 1.54) is 0 Å². The summed E-state index contributed by atoms with van der Waals surface area (Å²) in [5.41, 5.74) is 0.759. The number of anilines is 1. The van der Waals surface area contributed by atoms with E-state index in [1.807, 2.05) is 4.90 Å². The summed E-state index contributed by atoms with van der Waals surface area (Å²) in [5, 5.41) is 3.24. The number of carbonyl (C=O) groups excluding carboxylic acids is 1. The van der Waals surface area contributed by atoms with Crippen molar-refractivity contribution in [1.29, 1.82) is 0 Å². The summed E-state index contributed by atoms with van der Waals surface area (Å²) >= 11 is 0. The van der Waals surface area contributed by atoms with Crippen LogP contribution in [0.2, 0.25) is 0 Å². The van der Waals surface area contributed by atoms with Crippen LogP contribution in [0.4, 0.5) is 10.6 Å². The Balaban J connectivity index is 1.28. The second kappa shape index (κ2) is 8.61. The molecule has 8 heteroatoms. The van der Waals surface area contributed by atoms with Crippen LogP contribution in [0.3, 0.4) is 0 Å². The number of nitrogens with one attached hydrogen (secondary N) is 1. The van der Waals surface area contributed by atoms with Crippen LogP contribution in [0.1, 0.15) is 38.3 Å². The molecule has 28 heavy (non-hydrogen) atoms. The Morgan fingerprint density at radius 2 is 2.14 bits per heavy atom. The molecule has 1 aromatic rings. The van der Waals surface area contributed by atoms with Gasteiger partial charge in [0.15, 0.2) is 0 Å². The fraction of sp³-hybridized carbons (Fsp3) is 0.750. The first kappa shape index (κ1) is 19.4. The molecule has 1 atom stereocenters. The summed E-state index contributed by atoms with van der Waals surface area (Å²) in [6.45, 7) is 7.13. The molecule has 0 aromatic carbocycles. The summed E-state index contributed by atoms with van der Waals surface area (Å²) in [4.78, 5) is 25.7. The Labute approximate surface area is 166 Å². The predicted octanol–water partition coefficient (Wildman–Crippen LogP) is 1.60. The van der Waals surface area contributed by atoms with Gasteiger partial charge in [0.2, 0.25) is 0 Å². The lowest BCUT2D eigenvalue weighted by Gasteiger charge is -2.45. The lowest BCUT2D eigenvalue weighted by atomic mass is 9.94. The molecule has 4 heterocycles. The third-order valence-corrected chi connectivity index (χ3v) is 6.04. The monoisotopic (exact) mass is 389 g/mol. The van der Waals surface area contributed by atoms with Gasteiger partial charge in [0.25, 0.3) is 0 Å². The largest absolute Gasteiger partial charge is 0.378 e. The molecule has 1 spiro atoms. The third kappa shape index (κ3) is 4.38. The molecular formula is C20H31N5O3. The zero-order valence-electron chi connectivity index (χ0n) is 16.7. The van der Waals surface area contributed by atoms with Gasteiger partial charge in [-0.05, 0) is 32.1 Å². The van der Waals surface area contributed by atoms with Crippen molar-refractivity contribution in [2.45, 2.75) is 50.7 Å². The fourth-order valence-electron chi connectivity index (χ4n) is 4.35. The first-order chi connectivity index (χ1) is 13.7. The van der Waals surface area contributed by atoms with E-state index >= 15 is 0 Å². The van der Waals surface area contributed by atoms with E-state index < -0.39 is 0 Å². The minimum Gasteiger partial charge on any atom is -0.378 e. The number of rotatable bonds is 3. The minimum absolute atomic E-state index is 0.0296. The molecule has 4 rings (SSSR count). The Hall–Kier alpha value is -1.93. The number of hydrogen-bond donors (Lipinski definition) is 1. The number of nitrogens with zero attached hydrogens (tertiary/aromatic N) is 4. The third-order valence-electron chi connectivity index (χ3n) is 6.04. The number of amides is 2. The molecule has 0 aliphatic carbocycles. The van der Waals surface area contributed by atoms with Gasteiger partial charge in [-0.25, -0.2) is 14.8 Å². The quantitative estimate of drug-likeness (QED) is 0.846. The van der Waals surface area contributed by atoms with Gasteiger partial charge in [0.1, 0.15) is 17.7 Å². The molecule has 1 aromatic heterocycles. The van der Waals surface area contributed by atoms with Crippen LogP contribution in [0.15, 0.2) is 12.4 Å². The predicted molar refractivity (Wildman–Crippen MR) is 105 cm³/mol. The summed E-state index contributed by atoms with van der Waals surface area (Å²) in [6.07, 6.45) is 6.37. The molecule has 154 valence electrons. The van der Waals surface area contributed by atoms with Crippen molar-refractivity contribution in [2.75, 3.05) is 50.9 Å². The van der Waals surface area contributed by atoms with E-state index in [9.17, 15) is 4.79 Å². The molecule has 0 bridgehead atoms. The van der Waals surface area contributed by atoms with E-state index in [0.717, 1.165) is 63.3 Å². The number of urea groups is 1. The number of ether oxygens (including phenoxy) is 2. The zero-order valence-corrected chi connectivity index (χ0v) is 16.7. The summed E-state index contributed by atoms with van der Waals surface area (Å²) in [7, 11) is 0. The van der Waals surface area contributed by atoms with Crippen molar-refractivity contribution in [3.63, 3.8) is 0 Å². The minimum atomic E-state index is -0.304. The van der Waals surface area contributed by atoms with Gasteiger partial charge >= 0.3 is 6.03 Å². The van der Waals surface area contributed by atoms with Gasteiger partial charge in [-0.3, -0.25) is 0 Å². The molecule has 1 N–H and O–H groups in total. The van der Waals surface area contributed by atoms with Crippen LogP contribution in [0.25, 0.3) is 0 Å². The number of carbonyl (C=O) groups is 1. The number of morpholine rings is 1. The van der Waals surface area contributed by atoms with Crippen molar-refractivity contribution >= 4 is 11.8 Å². The van der Waals surface area contributed by atoms with Gasteiger partial charge in [-0.1, -0.05) is 6.92 Å². The van der Waals surface area contributed by atoms with Gasteiger partial charge < -0.3 is 24.6 Å². The Morgan fingerprint density at radius 3 is 2.89 bits per heavy atom. The lowest BCUT2D eigenvalue weighted by molar-refractivity contribution is -0.160. The maximum Gasteiger partial charge on any atom is 0.317 e. The molecule has 3 fully saturated rings. The molecule has 3 aliphatic heterocycles. The van der Waals surface area contributed by atoms with E-state index in [2.05, 4.69) is 33.2 Å². The normalized spacial score (nSPS) is 26.5. The Kier molecular flexibility index (Phi) is 5.96. The van der Waals surface area contributed by atoms with E-state index in [-0.39, 0.29) is 17.7 Å². The number of piperidine rings is 1. The highest BCUT2D eigenvalue weighted by Gasteiger charge is 2.40. The van der Waals surface area contributed by atoms with Crippen LogP contribution in [0, 0.1) is 0 Å². The zero-order chi connectivity index (χ0) is 19.4. The van der Waals surface area contributed by atoms with Crippen molar-refractivity contribution in [3.8, 4) is 0 Å². The first-order valence-corrected chi connectivity index (χ1v) is 10.5. The molecule has 1 unspecified atom stereocenters. The van der Waals surface area contributed by atoms with Crippen molar-refractivity contribution in [1.82, 2.24) is 20.2 Å². The molecule has 2 amide bonds. The first-order valence-electron chi connectivity index (χ1n) is 10.5. The van der Waals surface area contributed by atoms with Gasteiger partial charge in [0.05, 0.1) is 19.8 Å². The average molecular weight is 390 g/mol. The smallest absolute Gasteiger partial charge is 0.317 e. The van der Waals surface area contributed by atoms with Gasteiger partial charge in [-0.15, -0.1) is 0 Å². The highest BCUT2D eigenvalue weighted by molar-refractivity contribution is 5.74. The average Bonchev–Trinajstić information content (AvgIpc) is 2.75. The maximum atomic E-state index is 12.8. The van der Waals surface area contributed by atoms with Crippen LogP contribution < -0.4 is 10.2 Å². The highest BCUT2D eigenvalue weighted by Crippen LogP contribution is 2.27. The topological polar surface area (TPSA) is 79.8 Å². The molecule has 3 saturated heterocycles. The van der Waals surface area contributed by atoms with Crippen LogP contribution in [-0.2, 0) is 15.9 Å². The van der Waals surface area contributed by atoms with E-state index in [1.54, 1.807) is 6.33 Å². The standard InChI is InChI=1S/C20H31N5O3/c1-2-16-12-18(22-15-21-16)24-7-4-17(5-8-24)23-19(26)25-9-11-28-20(13-25)6-3-10-27-14-20/h12,15,17H,2-11,13-14H2,1H3,(H,23,26). The van der Waals surface area contributed by atoms with Crippen LogP contribution in [0.5, 0.6) is 0 Å². The molecule has 8 nitrogen and oxygen atoms in total. The highest BCUT2D eigenvalue weighted by atomic mass is 16.5. The van der Waals surface area contributed by atoms with E-state index in [0.29, 0.717) is 26.3 Å². The van der Waals surface area contributed by atoms with Crippen molar-refractivity contribution in [2.24, 2.45) is 0 Å². The molecule has 0 radical (unpaired) electrons. The summed E-state index contributed by atoms with van der Waals surface area (Å²) < 4.78 is 11.6. The van der Waals surface area contributed by atoms with E-state index in [4.69, 9.17) is 9.47 Å². The summed E-state index contributed by atoms with van der Waals surface area (Å²) in [6, 6.07) is 2.30. The fourth-order valence-corrected chi connectivity index (χ4v) is 4.35. The Morgan fingerprint density at radius 1 is 1.29 bits per heavy atom. The number of aryl methyl sites for hydroxylation is 1. The number of aromatic nitrogens is 2. The number of hydrogen-bond acceptors (Lipinski definition) is 6. The maximum absolute atomic E-state index is 12.8. The second-order valence-electron chi connectivity index (χ2n) is 8.04. The Bertz CT molecular complexity index is 666. The molecule has 3 aliphatic rings. The van der Waals surface area contributed by atoms with Crippen LogP contribution >= 0.6 is 0 Å². The van der Waals surface area contributed by atoms with Gasteiger partial charge in [0, 0.05) is 44.0 Å². The van der Waals surface area contributed by atoms with Crippen molar-refractivity contribution < 1.29 is 14.3 Å². The second-order valence-corrected chi connectivity index (χ2v) is 8.04. The lowest BCUT2D eigenvalue weighted by Crippen LogP contribution is -2.60. The summed E-state index contributed by atoms with van der Waals surface area (Å²) in [5.74, 6) is 0.990. The van der Waals surface area contributed by atoms with Crippen LogP contribution in [-0.4, -0.2) is 78.5 Å². The van der Waals surface area contributed by atoms with Gasteiger partial charge in [-0.2, -0.15) is 0 Å². The van der Waals surface area contributed by atoms with Crippen molar-refractivity contribution in [3.05, 3.63) is 18.1 Å². The SMILES string of the molecule is CCc1cc(N2CCC(NC(=O)N3CCOC4(CCCOC4)C3)CC2)ncn1.